The number of hydrogen-bond donors (Lipinski definition) is 1. The molecule has 1 aromatic heterocycles. The Bertz CT molecular complexity index is 495. The molecule has 3 aliphatic rings. The maximum Gasteiger partial charge on any atom is 0.131 e. The molecule has 0 bridgehead atoms. The SMILES string of the molecule is Cc1nn(C)c(N(CC2CC2)C2CC2)c1CNC1CC1. The van der Waals surface area contributed by atoms with Crippen molar-refractivity contribution >= 4 is 5.82 Å². The van der Waals surface area contributed by atoms with Crippen molar-refractivity contribution in [3.8, 4) is 0 Å². The van der Waals surface area contributed by atoms with Crippen LogP contribution in [0.25, 0.3) is 0 Å². The molecule has 4 heteroatoms. The summed E-state index contributed by atoms with van der Waals surface area (Å²) in [6, 6.07) is 1.55. The van der Waals surface area contributed by atoms with Crippen molar-refractivity contribution in [1.29, 1.82) is 0 Å². The lowest BCUT2D eigenvalue weighted by atomic mass is 10.2. The topological polar surface area (TPSA) is 33.1 Å². The van der Waals surface area contributed by atoms with Gasteiger partial charge in [-0.2, -0.15) is 5.10 Å². The first-order valence-corrected chi connectivity index (χ1v) is 8.25. The van der Waals surface area contributed by atoms with Crippen molar-refractivity contribution in [2.45, 2.75) is 64.1 Å². The molecule has 4 nitrogen and oxygen atoms in total. The quantitative estimate of drug-likeness (QED) is 0.828. The van der Waals surface area contributed by atoms with Gasteiger partial charge in [0.2, 0.25) is 0 Å². The van der Waals surface area contributed by atoms with Crippen LogP contribution in [-0.2, 0) is 13.6 Å². The van der Waals surface area contributed by atoms with Gasteiger partial charge < -0.3 is 10.2 Å². The Kier molecular flexibility index (Phi) is 3.02. The highest BCUT2D eigenvalue weighted by molar-refractivity contribution is 5.52. The fraction of sp³-hybridized carbons (Fsp3) is 0.812. The third-order valence-corrected chi connectivity index (χ3v) is 4.87. The molecule has 0 radical (unpaired) electrons. The minimum absolute atomic E-state index is 0.764. The van der Waals surface area contributed by atoms with E-state index in [4.69, 9.17) is 5.10 Å². The second kappa shape index (κ2) is 4.76. The Morgan fingerprint density at radius 1 is 1.20 bits per heavy atom. The predicted octanol–water partition coefficient (Wildman–Crippen LogP) is 2.36. The maximum atomic E-state index is 4.70. The molecular weight excluding hydrogens is 248 g/mol. The monoisotopic (exact) mass is 274 g/mol. The molecular formula is C16H26N4. The van der Waals surface area contributed by atoms with Crippen LogP contribution in [0, 0.1) is 12.8 Å². The molecule has 0 amide bonds. The van der Waals surface area contributed by atoms with E-state index in [0.717, 1.165) is 24.5 Å². The van der Waals surface area contributed by atoms with Gasteiger partial charge in [0.1, 0.15) is 5.82 Å². The Balaban J connectivity index is 1.59. The zero-order chi connectivity index (χ0) is 13.7. The van der Waals surface area contributed by atoms with Gasteiger partial charge in [-0.05, 0) is 51.4 Å². The van der Waals surface area contributed by atoms with Gasteiger partial charge in [-0.25, -0.2) is 0 Å². The molecule has 3 fully saturated rings. The summed E-state index contributed by atoms with van der Waals surface area (Å²) < 4.78 is 2.12. The molecule has 1 aromatic rings. The molecule has 0 aliphatic heterocycles. The Morgan fingerprint density at radius 3 is 2.55 bits per heavy atom. The highest BCUT2D eigenvalue weighted by atomic mass is 15.4. The Hall–Kier alpha value is -1.03. The van der Waals surface area contributed by atoms with E-state index in [0.29, 0.717) is 0 Å². The number of rotatable bonds is 7. The molecule has 0 spiro atoms. The molecule has 0 atom stereocenters. The maximum absolute atomic E-state index is 4.70. The van der Waals surface area contributed by atoms with Gasteiger partial charge in [0.15, 0.2) is 0 Å². The normalized spacial score (nSPS) is 22.3. The predicted molar refractivity (Wildman–Crippen MR) is 80.9 cm³/mol. The van der Waals surface area contributed by atoms with E-state index in [1.807, 2.05) is 0 Å². The number of nitrogens with zero attached hydrogens (tertiary/aromatic N) is 3. The second-order valence-electron chi connectivity index (χ2n) is 6.99. The summed E-state index contributed by atoms with van der Waals surface area (Å²) in [7, 11) is 2.12. The summed E-state index contributed by atoms with van der Waals surface area (Å²) in [5.74, 6) is 2.33. The lowest BCUT2D eigenvalue weighted by molar-refractivity contribution is 0.649. The number of hydrogen-bond acceptors (Lipinski definition) is 3. The van der Waals surface area contributed by atoms with Crippen LogP contribution in [0.2, 0.25) is 0 Å². The number of anilines is 1. The summed E-state index contributed by atoms with van der Waals surface area (Å²) in [6.45, 7) is 4.41. The minimum Gasteiger partial charge on any atom is -0.353 e. The van der Waals surface area contributed by atoms with E-state index < -0.39 is 0 Å². The molecule has 110 valence electrons. The first kappa shape index (κ1) is 12.7. The van der Waals surface area contributed by atoms with E-state index in [1.54, 1.807) is 0 Å². The van der Waals surface area contributed by atoms with Crippen LogP contribution >= 0.6 is 0 Å². The standard InChI is InChI=1S/C16H26N4/c1-11-15(9-17-13-5-6-13)16(19(2)18-11)20(14-7-8-14)10-12-3-4-12/h12-14,17H,3-10H2,1-2H3. The van der Waals surface area contributed by atoms with Crippen molar-refractivity contribution in [1.82, 2.24) is 15.1 Å². The van der Waals surface area contributed by atoms with Crippen LogP contribution in [-0.4, -0.2) is 28.4 Å². The van der Waals surface area contributed by atoms with Gasteiger partial charge in [0.05, 0.1) is 5.69 Å². The summed E-state index contributed by atoms with van der Waals surface area (Å²) >= 11 is 0. The molecule has 1 heterocycles. The number of aromatic nitrogens is 2. The molecule has 3 aliphatic carbocycles. The lowest BCUT2D eigenvalue weighted by Gasteiger charge is -2.26. The van der Waals surface area contributed by atoms with E-state index in [1.165, 1.54) is 62.1 Å². The highest BCUT2D eigenvalue weighted by Gasteiger charge is 2.36. The molecule has 3 saturated carbocycles. The summed E-state index contributed by atoms with van der Waals surface area (Å²) in [5, 5.41) is 8.37. The molecule has 0 unspecified atom stereocenters. The van der Waals surface area contributed by atoms with Crippen LogP contribution in [0.5, 0.6) is 0 Å². The molecule has 0 aromatic carbocycles. The third-order valence-electron chi connectivity index (χ3n) is 4.87. The smallest absolute Gasteiger partial charge is 0.131 e. The van der Waals surface area contributed by atoms with Crippen LogP contribution < -0.4 is 10.2 Å². The van der Waals surface area contributed by atoms with Crippen LogP contribution in [0.4, 0.5) is 5.82 Å². The van der Waals surface area contributed by atoms with Crippen LogP contribution in [0.1, 0.15) is 49.8 Å². The van der Waals surface area contributed by atoms with Crippen molar-refractivity contribution < 1.29 is 0 Å². The average Bonchev–Trinajstić information content (AvgIpc) is 3.22. The van der Waals surface area contributed by atoms with E-state index in [9.17, 15) is 0 Å². The summed E-state index contributed by atoms with van der Waals surface area (Å²) in [5.41, 5.74) is 2.64. The summed E-state index contributed by atoms with van der Waals surface area (Å²) in [4.78, 5) is 2.67. The largest absolute Gasteiger partial charge is 0.353 e. The van der Waals surface area contributed by atoms with Crippen molar-refractivity contribution in [2.75, 3.05) is 11.4 Å². The van der Waals surface area contributed by atoms with E-state index in [2.05, 4.69) is 28.9 Å². The van der Waals surface area contributed by atoms with Crippen LogP contribution in [0.15, 0.2) is 0 Å². The average molecular weight is 274 g/mol. The fourth-order valence-corrected chi connectivity index (χ4v) is 3.16. The second-order valence-corrected chi connectivity index (χ2v) is 6.99. The Labute approximate surface area is 121 Å². The Morgan fingerprint density at radius 2 is 1.95 bits per heavy atom. The third kappa shape index (κ3) is 2.58. The first-order chi connectivity index (χ1) is 9.72. The highest BCUT2D eigenvalue weighted by Crippen LogP contribution is 2.39. The van der Waals surface area contributed by atoms with E-state index in [-0.39, 0.29) is 0 Å². The number of nitrogens with one attached hydrogen (secondary N) is 1. The fourth-order valence-electron chi connectivity index (χ4n) is 3.16. The van der Waals surface area contributed by atoms with Crippen molar-refractivity contribution in [3.05, 3.63) is 11.3 Å². The van der Waals surface area contributed by atoms with Crippen LogP contribution in [0.3, 0.4) is 0 Å². The van der Waals surface area contributed by atoms with Gasteiger partial charge >= 0.3 is 0 Å². The van der Waals surface area contributed by atoms with E-state index >= 15 is 0 Å². The molecule has 1 N–H and O–H groups in total. The zero-order valence-corrected chi connectivity index (χ0v) is 12.7. The van der Waals surface area contributed by atoms with Gasteiger partial charge in [-0.15, -0.1) is 0 Å². The van der Waals surface area contributed by atoms with Gasteiger partial charge in [-0.1, -0.05) is 0 Å². The first-order valence-electron chi connectivity index (χ1n) is 8.25. The minimum atomic E-state index is 0.764. The lowest BCUT2D eigenvalue weighted by Crippen LogP contribution is -2.31. The van der Waals surface area contributed by atoms with Crippen molar-refractivity contribution in [3.63, 3.8) is 0 Å². The van der Waals surface area contributed by atoms with Gasteiger partial charge in [0, 0.05) is 37.8 Å². The van der Waals surface area contributed by atoms with Gasteiger partial charge in [0.25, 0.3) is 0 Å². The zero-order valence-electron chi connectivity index (χ0n) is 12.7. The molecule has 20 heavy (non-hydrogen) atoms. The van der Waals surface area contributed by atoms with Gasteiger partial charge in [-0.3, -0.25) is 4.68 Å². The molecule has 0 saturated heterocycles. The summed E-state index contributed by atoms with van der Waals surface area (Å²) in [6.07, 6.45) is 8.29. The molecule has 4 rings (SSSR count). The van der Waals surface area contributed by atoms with Crippen molar-refractivity contribution in [2.24, 2.45) is 13.0 Å². The number of aryl methyl sites for hydroxylation is 2.